The molecule has 0 radical (unpaired) electrons. The molecule has 1 saturated carbocycles. The summed E-state index contributed by atoms with van der Waals surface area (Å²) in [5.41, 5.74) is 1.16. The predicted molar refractivity (Wildman–Crippen MR) is 106 cm³/mol. The summed E-state index contributed by atoms with van der Waals surface area (Å²) in [6.07, 6.45) is 6.82. The monoisotopic (exact) mass is 417 g/mol. The van der Waals surface area contributed by atoms with Gasteiger partial charge in [0.1, 0.15) is 0 Å². The van der Waals surface area contributed by atoms with Crippen LogP contribution in [0.2, 0.25) is 0 Å². The van der Waals surface area contributed by atoms with Gasteiger partial charge in [-0.15, -0.1) is 11.8 Å². The average molecular weight is 418 g/mol. The molecule has 0 bridgehead atoms. The number of hydrogen-bond acceptors (Lipinski definition) is 2. The first kappa shape index (κ1) is 19.5. The molecule has 2 nitrogen and oxygen atoms in total. The molecule has 1 fully saturated rings. The number of benzene rings is 1. The standard InChI is InChI=1S/C18H28BrNOS2/c1-13(20-23(21)18(2,3)4)16-11-10-15(12-17(16)19)22-14-8-6-5-7-9-14/h10-14,20H,5-9H2,1-4H3/t13-,23+/m0/s1. The molecule has 1 aromatic carbocycles. The zero-order valence-corrected chi connectivity index (χ0v) is 17.7. The van der Waals surface area contributed by atoms with E-state index >= 15 is 0 Å². The molecule has 1 N–H and O–H groups in total. The van der Waals surface area contributed by atoms with Gasteiger partial charge in [0.15, 0.2) is 0 Å². The van der Waals surface area contributed by atoms with Crippen LogP contribution in [-0.4, -0.2) is 14.2 Å². The van der Waals surface area contributed by atoms with Crippen LogP contribution in [-0.2, 0) is 11.0 Å². The molecule has 0 amide bonds. The van der Waals surface area contributed by atoms with Crippen LogP contribution in [0.5, 0.6) is 0 Å². The average Bonchev–Trinajstić information content (AvgIpc) is 2.47. The Morgan fingerprint density at radius 3 is 2.48 bits per heavy atom. The summed E-state index contributed by atoms with van der Waals surface area (Å²) in [5.74, 6) is 0. The first-order valence-corrected chi connectivity index (χ1v) is 11.2. The lowest BCUT2D eigenvalue weighted by molar-refractivity contribution is 0.516. The summed E-state index contributed by atoms with van der Waals surface area (Å²) in [5, 5.41) is 0.769. The molecule has 0 unspecified atom stereocenters. The Bertz CT molecular complexity index is 550. The minimum absolute atomic E-state index is 0.0539. The van der Waals surface area contributed by atoms with Crippen LogP contribution in [0.1, 0.15) is 71.4 Å². The van der Waals surface area contributed by atoms with Gasteiger partial charge >= 0.3 is 0 Å². The van der Waals surface area contributed by atoms with Gasteiger partial charge in [0, 0.05) is 20.7 Å². The predicted octanol–water partition coefficient (Wildman–Crippen LogP) is 5.99. The van der Waals surface area contributed by atoms with E-state index in [9.17, 15) is 4.21 Å². The molecule has 23 heavy (non-hydrogen) atoms. The third kappa shape index (κ3) is 5.87. The number of nitrogens with one attached hydrogen (secondary N) is 1. The van der Waals surface area contributed by atoms with E-state index in [4.69, 9.17) is 0 Å². The molecule has 5 heteroatoms. The number of rotatable bonds is 5. The van der Waals surface area contributed by atoms with Gasteiger partial charge in [-0.05, 0) is 58.2 Å². The maximum atomic E-state index is 12.3. The van der Waals surface area contributed by atoms with E-state index in [0.717, 1.165) is 15.3 Å². The molecule has 0 aliphatic heterocycles. The third-order valence-electron chi connectivity index (χ3n) is 4.13. The molecule has 1 aromatic rings. The molecule has 1 aliphatic carbocycles. The van der Waals surface area contributed by atoms with Crippen LogP contribution >= 0.6 is 27.7 Å². The summed E-state index contributed by atoms with van der Waals surface area (Å²) < 4.78 is 16.3. The van der Waals surface area contributed by atoms with Crippen molar-refractivity contribution in [1.29, 1.82) is 0 Å². The molecule has 1 aliphatic rings. The van der Waals surface area contributed by atoms with Gasteiger partial charge in [-0.3, -0.25) is 0 Å². The zero-order valence-electron chi connectivity index (χ0n) is 14.5. The van der Waals surface area contributed by atoms with Crippen molar-refractivity contribution >= 4 is 38.7 Å². The van der Waals surface area contributed by atoms with E-state index in [-0.39, 0.29) is 10.8 Å². The van der Waals surface area contributed by atoms with Crippen molar-refractivity contribution in [2.75, 3.05) is 0 Å². The highest BCUT2D eigenvalue weighted by molar-refractivity contribution is 9.10. The van der Waals surface area contributed by atoms with Crippen molar-refractivity contribution in [3.8, 4) is 0 Å². The minimum Gasteiger partial charge on any atom is -0.242 e. The maximum absolute atomic E-state index is 12.3. The molecule has 2 atom stereocenters. The topological polar surface area (TPSA) is 29.1 Å². The molecule has 0 saturated heterocycles. The Hall–Kier alpha value is 0.160. The molecular weight excluding hydrogens is 390 g/mol. The van der Waals surface area contributed by atoms with E-state index in [1.165, 1.54) is 37.0 Å². The Balaban J connectivity index is 2.02. The van der Waals surface area contributed by atoms with Gasteiger partial charge in [0.05, 0.1) is 15.7 Å². The van der Waals surface area contributed by atoms with Crippen LogP contribution in [0, 0.1) is 0 Å². The first-order chi connectivity index (χ1) is 10.8. The van der Waals surface area contributed by atoms with E-state index in [2.05, 4.69) is 45.8 Å². The van der Waals surface area contributed by atoms with Crippen molar-refractivity contribution in [2.24, 2.45) is 0 Å². The van der Waals surface area contributed by atoms with Gasteiger partial charge in [-0.1, -0.05) is 41.3 Å². The molecule has 0 spiro atoms. The van der Waals surface area contributed by atoms with Gasteiger partial charge in [-0.2, -0.15) is 0 Å². The Morgan fingerprint density at radius 1 is 1.26 bits per heavy atom. The highest BCUT2D eigenvalue weighted by atomic mass is 79.9. The largest absolute Gasteiger partial charge is 0.242 e. The van der Waals surface area contributed by atoms with Gasteiger partial charge in [0.2, 0.25) is 0 Å². The van der Waals surface area contributed by atoms with Crippen LogP contribution < -0.4 is 4.72 Å². The molecule has 0 aromatic heterocycles. The fourth-order valence-corrected chi connectivity index (χ4v) is 5.67. The van der Waals surface area contributed by atoms with E-state index in [1.54, 1.807) is 0 Å². The summed E-state index contributed by atoms with van der Waals surface area (Å²) in [7, 11) is -1.06. The highest BCUT2D eigenvalue weighted by Gasteiger charge is 2.22. The highest BCUT2D eigenvalue weighted by Crippen LogP contribution is 2.36. The van der Waals surface area contributed by atoms with Crippen LogP contribution in [0.15, 0.2) is 27.6 Å². The molecule has 130 valence electrons. The lowest BCUT2D eigenvalue weighted by Gasteiger charge is -2.24. The first-order valence-electron chi connectivity index (χ1n) is 8.41. The van der Waals surface area contributed by atoms with Gasteiger partial charge in [0.25, 0.3) is 0 Å². The van der Waals surface area contributed by atoms with Crippen molar-refractivity contribution in [3.63, 3.8) is 0 Å². The lowest BCUT2D eigenvalue weighted by atomic mass is 10.0. The van der Waals surface area contributed by atoms with Crippen LogP contribution in [0.4, 0.5) is 0 Å². The zero-order chi connectivity index (χ0) is 17.0. The molecule has 2 rings (SSSR count). The number of thioether (sulfide) groups is 1. The summed E-state index contributed by atoms with van der Waals surface area (Å²) in [6.45, 7) is 8.03. The SMILES string of the molecule is C[C@H](N[S@](=O)C(C)(C)C)c1ccc(SC2CCCCC2)cc1Br. The van der Waals surface area contributed by atoms with Crippen LogP contribution in [0.3, 0.4) is 0 Å². The van der Waals surface area contributed by atoms with Crippen molar-refractivity contribution in [1.82, 2.24) is 4.72 Å². The minimum atomic E-state index is -1.06. The lowest BCUT2D eigenvalue weighted by Crippen LogP contribution is -2.34. The second-order valence-electron chi connectivity index (χ2n) is 7.28. The van der Waals surface area contributed by atoms with Crippen LogP contribution in [0.25, 0.3) is 0 Å². The Kier molecular flexibility index (Phi) is 7.20. The molecule has 0 heterocycles. The van der Waals surface area contributed by atoms with E-state index in [0.29, 0.717) is 0 Å². The third-order valence-corrected chi connectivity index (χ3v) is 7.83. The van der Waals surface area contributed by atoms with Crippen molar-refractivity contribution in [2.45, 2.75) is 80.7 Å². The summed E-state index contributed by atoms with van der Waals surface area (Å²) in [6, 6.07) is 6.63. The van der Waals surface area contributed by atoms with E-state index < -0.39 is 11.0 Å². The summed E-state index contributed by atoms with van der Waals surface area (Å²) >= 11 is 5.71. The fraction of sp³-hybridized carbons (Fsp3) is 0.667. The summed E-state index contributed by atoms with van der Waals surface area (Å²) in [4.78, 5) is 1.33. The second kappa shape index (κ2) is 8.50. The van der Waals surface area contributed by atoms with E-state index in [1.807, 2.05) is 32.5 Å². The van der Waals surface area contributed by atoms with Crippen molar-refractivity contribution in [3.05, 3.63) is 28.2 Å². The van der Waals surface area contributed by atoms with Gasteiger partial charge in [-0.25, -0.2) is 8.93 Å². The van der Waals surface area contributed by atoms with Gasteiger partial charge < -0.3 is 0 Å². The smallest absolute Gasteiger partial charge is 0.0975 e. The maximum Gasteiger partial charge on any atom is 0.0975 e. The normalized spacial score (nSPS) is 19.5. The Morgan fingerprint density at radius 2 is 1.91 bits per heavy atom. The number of halogens is 1. The molecular formula is C18H28BrNOS2. The quantitative estimate of drug-likeness (QED) is 0.637. The van der Waals surface area contributed by atoms with Crippen molar-refractivity contribution < 1.29 is 4.21 Å². The Labute approximate surface area is 156 Å². The fourth-order valence-electron chi connectivity index (χ4n) is 2.71. The second-order valence-corrected chi connectivity index (χ2v) is 11.5. The number of hydrogen-bond donors (Lipinski definition) is 1.